The second-order valence-corrected chi connectivity index (χ2v) is 8.22. The number of carbonyl (C=O) groups is 1. The number of rotatable bonds is 5. The Labute approximate surface area is 157 Å². The molecule has 1 amide bonds. The summed E-state index contributed by atoms with van der Waals surface area (Å²) in [4.78, 5) is 16.3. The fourth-order valence-corrected chi connectivity index (χ4v) is 4.25. The SMILES string of the molecule is CC(F)(F)CN1C(=O)CSC1=Nc1ccc(Cl)c(S(=O)CC(F)(F)F)c1. The molecule has 0 bridgehead atoms. The summed E-state index contributed by atoms with van der Waals surface area (Å²) in [5.41, 5.74) is 0.0570. The molecule has 1 saturated heterocycles. The first-order chi connectivity index (χ1) is 11.9. The quantitative estimate of drug-likeness (QED) is 0.652. The van der Waals surface area contributed by atoms with E-state index in [0.29, 0.717) is 6.92 Å². The Kier molecular flexibility index (Phi) is 6.34. The van der Waals surface area contributed by atoms with Crippen LogP contribution < -0.4 is 0 Å². The molecule has 0 N–H and O–H groups in total. The van der Waals surface area contributed by atoms with Crippen molar-refractivity contribution in [1.82, 2.24) is 4.90 Å². The number of alkyl halides is 5. The number of benzene rings is 1. The number of aliphatic imine (C=N–C) groups is 1. The van der Waals surface area contributed by atoms with Crippen molar-refractivity contribution >= 4 is 50.9 Å². The minimum Gasteiger partial charge on any atom is -0.284 e. The topological polar surface area (TPSA) is 49.7 Å². The lowest BCUT2D eigenvalue weighted by Gasteiger charge is -2.20. The summed E-state index contributed by atoms with van der Waals surface area (Å²) < 4.78 is 75.6. The van der Waals surface area contributed by atoms with Crippen LogP contribution in [0, 0.1) is 0 Å². The third-order valence-electron chi connectivity index (χ3n) is 2.97. The highest BCUT2D eigenvalue weighted by Gasteiger charge is 2.36. The highest BCUT2D eigenvalue weighted by molar-refractivity contribution is 8.15. The molecule has 0 saturated carbocycles. The van der Waals surface area contributed by atoms with E-state index >= 15 is 0 Å². The molecule has 2 rings (SSSR count). The van der Waals surface area contributed by atoms with Crippen molar-refractivity contribution in [3.8, 4) is 0 Å². The van der Waals surface area contributed by atoms with Crippen LogP contribution in [-0.4, -0.2) is 50.3 Å². The number of amides is 1. The van der Waals surface area contributed by atoms with Gasteiger partial charge in [-0.15, -0.1) is 0 Å². The lowest BCUT2D eigenvalue weighted by molar-refractivity contribution is -0.127. The van der Waals surface area contributed by atoms with Crippen molar-refractivity contribution in [2.75, 3.05) is 18.1 Å². The van der Waals surface area contributed by atoms with Crippen LogP contribution in [0.15, 0.2) is 28.1 Å². The van der Waals surface area contributed by atoms with Gasteiger partial charge in [0.2, 0.25) is 5.91 Å². The number of thioether (sulfide) groups is 1. The summed E-state index contributed by atoms with van der Waals surface area (Å²) in [6.07, 6.45) is -4.65. The Hall–Kier alpha value is -1.20. The summed E-state index contributed by atoms with van der Waals surface area (Å²) in [5, 5.41) is -0.143. The predicted octanol–water partition coefficient (Wildman–Crippen LogP) is 4.23. The van der Waals surface area contributed by atoms with E-state index in [2.05, 4.69) is 4.99 Å². The van der Waals surface area contributed by atoms with Gasteiger partial charge in [0.25, 0.3) is 5.92 Å². The highest BCUT2D eigenvalue weighted by atomic mass is 35.5. The smallest absolute Gasteiger partial charge is 0.284 e. The lowest BCUT2D eigenvalue weighted by Crippen LogP contribution is -2.38. The van der Waals surface area contributed by atoms with Crippen molar-refractivity contribution in [2.24, 2.45) is 4.99 Å². The normalized spacial score (nSPS) is 18.7. The van der Waals surface area contributed by atoms with Gasteiger partial charge in [0.15, 0.2) is 5.17 Å². The molecule has 1 fully saturated rings. The second-order valence-electron chi connectivity index (χ2n) is 5.45. The van der Waals surface area contributed by atoms with Gasteiger partial charge < -0.3 is 0 Å². The highest BCUT2D eigenvalue weighted by Crippen LogP contribution is 2.31. The van der Waals surface area contributed by atoms with Crippen molar-refractivity contribution in [3.05, 3.63) is 23.2 Å². The molecule has 0 aromatic heterocycles. The number of hydrogen-bond acceptors (Lipinski definition) is 4. The zero-order valence-corrected chi connectivity index (χ0v) is 15.5. The molecule has 1 aromatic carbocycles. The van der Waals surface area contributed by atoms with Gasteiger partial charge in [-0.3, -0.25) is 13.9 Å². The molecule has 1 aromatic rings. The van der Waals surface area contributed by atoms with Crippen LogP contribution >= 0.6 is 23.4 Å². The van der Waals surface area contributed by atoms with Crippen molar-refractivity contribution in [2.45, 2.75) is 23.9 Å². The molecule has 0 aliphatic carbocycles. The molecule has 1 heterocycles. The van der Waals surface area contributed by atoms with Crippen molar-refractivity contribution < 1.29 is 31.0 Å². The fraction of sp³-hybridized carbons (Fsp3) is 0.429. The summed E-state index contributed by atoms with van der Waals surface area (Å²) in [6.45, 7) is -0.209. The van der Waals surface area contributed by atoms with Crippen LogP contribution in [0.4, 0.5) is 27.6 Å². The fourth-order valence-electron chi connectivity index (χ4n) is 1.99. The van der Waals surface area contributed by atoms with Crippen LogP contribution in [0.5, 0.6) is 0 Å². The minimum atomic E-state index is -4.65. The Morgan fingerprint density at radius 2 is 1.96 bits per heavy atom. The molecule has 26 heavy (non-hydrogen) atoms. The van der Waals surface area contributed by atoms with Crippen LogP contribution in [0.1, 0.15) is 6.92 Å². The van der Waals surface area contributed by atoms with Gasteiger partial charge in [-0.05, 0) is 18.2 Å². The van der Waals surface area contributed by atoms with Gasteiger partial charge in [-0.2, -0.15) is 13.2 Å². The van der Waals surface area contributed by atoms with Crippen LogP contribution in [0.3, 0.4) is 0 Å². The van der Waals surface area contributed by atoms with Gasteiger partial charge in [-0.1, -0.05) is 23.4 Å². The number of nitrogens with zero attached hydrogens (tertiary/aromatic N) is 2. The standard InChI is InChI=1S/C14H12ClF5N2O2S2/c1-13(16,17)6-22-11(23)5-25-12(22)21-8-2-3-9(15)10(4-8)26(24)7-14(18,19)20/h2-4H,5-7H2,1H3. The monoisotopic (exact) mass is 434 g/mol. The number of hydrogen-bond donors (Lipinski definition) is 0. The maximum absolute atomic E-state index is 13.2. The Morgan fingerprint density at radius 1 is 1.31 bits per heavy atom. The number of carbonyl (C=O) groups excluding carboxylic acids is 1. The van der Waals surface area contributed by atoms with Gasteiger partial charge in [0.05, 0.1) is 38.7 Å². The Bertz CT molecular complexity index is 765. The number of halogens is 6. The van der Waals surface area contributed by atoms with E-state index in [4.69, 9.17) is 11.6 Å². The summed E-state index contributed by atoms with van der Waals surface area (Å²) >= 11 is 6.72. The molecule has 1 atom stereocenters. The van der Waals surface area contributed by atoms with E-state index in [-0.39, 0.29) is 26.5 Å². The average molecular weight is 435 g/mol. The third-order valence-corrected chi connectivity index (χ3v) is 5.79. The average Bonchev–Trinajstić information content (AvgIpc) is 2.78. The number of amidine groups is 1. The second kappa shape index (κ2) is 7.81. The zero-order valence-electron chi connectivity index (χ0n) is 13.1. The van der Waals surface area contributed by atoms with E-state index in [1.54, 1.807) is 0 Å². The molecule has 0 radical (unpaired) electrons. The summed E-state index contributed by atoms with van der Waals surface area (Å²) in [7, 11) is -2.44. The van der Waals surface area contributed by atoms with Crippen molar-refractivity contribution in [1.29, 1.82) is 0 Å². The van der Waals surface area contributed by atoms with Crippen LogP contribution in [-0.2, 0) is 15.6 Å². The molecular formula is C14H12ClF5N2O2S2. The van der Waals surface area contributed by atoms with E-state index in [9.17, 15) is 31.0 Å². The summed E-state index contributed by atoms with van der Waals surface area (Å²) in [5.74, 6) is -5.34. The maximum Gasteiger partial charge on any atom is 0.400 e. The molecule has 1 aliphatic rings. The molecule has 144 valence electrons. The molecular weight excluding hydrogens is 423 g/mol. The maximum atomic E-state index is 13.2. The largest absolute Gasteiger partial charge is 0.400 e. The van der Waals surface area contributed by atoms with Crippen LogP contribution in [0.2, 0.25) is 5.02 Å². The third kappa shape index (κ3) is 5.92. The summed E-state index contributed by atoms with van der Waals surface area (Å²) in [6, 6.07) is 3.63. The van der Waals surface area contributed by atoms with Gasteiger partial charge in [0, 0.05) is 6.92 Å². The van der Waals surface area contributed by atoms with E-state index in [0.717, 1.165) is 22.7 Å². The predicted molar refractivity (Wildman–Crippen MR) is 90.7 cm³/mol. The zero-order chi connectivity index (χ0) is 19.7. The van der Waals surface area contributed by atoms with E-state index < -0.39 is 41.1 Å². The van der Waals surface area contributed by atoms with Gasteiger partial charge in [-0.25, -0.2) is 13.8 Å². The lowest BCUT2D eigenvalue weighted by atomic mass is 10.3. The van der Waals surface area contributed by atoms with Crippen molar-refractivity contribution in [3.63, 3.8) is 0 Å². The van der Waals surface area contributed by atoms with E-state index in [1.807, 2.05) is 0 Å². The van der Waals surface area contributed by atoms with E-state index in [1.165, 1.54) is 12.1 Å². The molecule has 4 nitrogen and oxygen atoms in total. The minimum absolute atomic E-state index is 0.00796. The molecule has 1 aliphatic heterocycles. The molecule has 0 spiro atoms. The first-order valence-corrected chi connectivity index (χ1v) is 9.68. The Balaban J connectivity index is 2.31. The van der Waals surface area contributed by atoms with Gasteiger partial charge >= 0.3 is 6.18 Å². The molecule has 12 heteroatoms. The first-order valence-electron chi connectivity index (χ1n) is 7.00. The first kappa shape index (κ1) is 21.1. The Morgan fingerprint density at radius 3 is 2.54 bits per heavy atom. The van der Waals surface area contributed by atoms with Crippen LogP contribution in [0.25, 0.3) is 0 Å². The van der Waals surface area contributed by atoms with Gasteiger partial charge in [0.1, 0.15) is 5.75 Å². The molecule has 1 unspecified atom stereocenters.